The molecule has 1 atom stereocenters. The van der Waals surface area contributed by atoms with Crippen molar-refractivity contribution in [2.45, 2.75) is 19.4 Å². The van der Waals surface area contributed by atoms with Crippen LogP contribution in [0.3, 0.4) is 0 Å². The predicted molar refractivity (Wildman–Crippen MR) is 73.6 cm³/mol. The minimum absolute atomic E-state index is 0.265. The van der Waals surface area contributed by atoms with Gasteiger partial charge in [0.1, 0.15) is 5.82 Å². The van der Waals surface area contributed by atoms with Crippen LogP contribution in [0.2, 0.25) is 0 Å². The maximum atomic E-state index is 4.60. The van der Waals surface area contributed by atoms with E-state index in [1.54, 1.807) is 6.20 Å². The van der Waals surface area contributed by atoms with E-state index in [0.717, 1.165) is 18.0 Å². The highest BCUT2D eigenvalue weighted by molar-refractivity contribution is 5.86. The maximum absolute atomic E-state index is 4.60. The monoisotopic (exact) mass is 237 g/mol. The number of aromatic nitrogens is 1. The third kappa shape index (κ3) is 1.99. The zero-order chi connectivity index (χ0) is 12.4. The Morgan fingerprint density at radius 3 is 2.56 bits per heavy atom. The molecule has 90 valence electrons. The van der Waals surface area contributed by atoms with Gasteiger partial charge >= 0.3 is 0 Å². The summed E-state index contributed by atoms with van der Waals surface area (Å²) in [6.07, 6.45) is 2.77. The van der Waals surface area contributed by atoms with Crippen molar-refractivity contribution in [3.05, 3.63) is 60.3 Å². The summed E-state index contributed by atoms with van der Waals surface area (Å²) in [4.78, 5) is 4.39. The van der Waals surface area contributed by atoms with E-state index >= 15 is 0 Å². The number of nitrogens with zero attached hydrogens (tertiary/aromatic N) is 3. The van der Waals surface area contributed by atoms with Crippen molar-refractivity contribution in [3.63, 3.8) is 0 Å². The van der Waals surface area contributed by atoms with E-state index in [2.05, 4.69) is 41.3 Å². The Balaban J connectivity index is 1.97. The van der Waals surface area contributed by atoms with E-state index in [1.807, 2.05) is 29.3 Å². The maximum Gasteiger partial charge on any atom is 0.149 e. The van der Waals surface area contributed by atoms with Gasteiger partial charge in [-0.05, 0) is 24.6 Å². The van der Waals surface area contributed by atoms with E-state index in [-0.39, 0.29) is 6.04 Å². The number of hydrazone groups is 1. The Bertz CT molecular complexity index is 548. The zero-order valence-corrected chi connectivity index (χ0v) is 10.3. The van der Waals surface area contributed by atoms with Crippen LogP contribution in [-0.4, -0.2) is 10.7 Å². The number of hydrogen-bond donors (Lipinski definition) is 0. The van der Waals surface area contributed by atoms with Crippen molar-refractivity contribution in [2.24, 2.45) is 5.10 Å². The average molecular weight is 237 g/mol. The van der Waals surface area contributed by atoms with Gasteiger partial charge in [0.05, 0.1) is 6.04 Å². The second kappa shape index (κ2) is 4.61. The summed E-state index contributed by atoms with van der Waals surface area (Å²) < 4.78 is 0. The van der Waals surface area contributed by atoms with Gasteiger partial charge in [-0.25, -0.2) is 9.99 Å². The normalized spacial score (nSPS) is 18.8. The van der Waals surface area contributed by atoms with Gasteiger partial charge in [0, 0.05) is 18.3 Å². The zero-order valence-electron chi connectivity index (χ0n) is 10.3. The van der Waals surface area contributed by atoms with Gasteiger partial charge in [0.15, 0.2) is 0 Å². The highest BCUT2D eigenvalue weighted by Crippen LogP contribution is 2.33. The summed E-state index contributed by atoms with van der Waals surface area (Å²) in [6, 6.07) is 16.7. The molecule has 3 rings (SSSR count). The smallest absolute Gasteiger partial charge is 0.149 e. The SMILES string of the molecule is CC1=NN(c2ccccn2)C(c2ccccc2)C1. The Morgan fingerprint density at radius 2 is 1.83 bits per heavy atom. The lowest BCUT2D eigenvalue weighted by Crippen LogP contribution is -2.19. The predicted octanol–water partition coefficient (Wildman–Crippen LogP) is 3.41. The molecule has 0 radical (unpaired) electrons. The van der Waals surface area contributed by atoms with E-state index in [1.165, 1.54) is 5.56 Å². The lowest BCUT2D eigenvalue weighted by Gasteiger charge is -2.22. The lowest BCUT2D eigenvalue weighted by molar-refractivity contribution is 0.698. The second-order valence-electron chi connectivity index (χ2n) is 4.50. The summed E-state index contributed by atoms with van der Waals surface area (Å²) in [7, 11) is 0. The fourth-order valence-corrected chi connectivity index (χ4v) is 2.30. The highest BCUT2D eigenvalue weighted by atomic mass is 15.5. The van der Waals surface area contributed by atoms with Crippen LogP contribution < -0.4 is 5.01 Å². The number of anilines is 1. The molecule has 1 aromatic heterocycles. The fraction of sp³-hybridized carbons (Fsp3) is 0.200. The standard InChI is InChI=1S/C15H15N3/c1-12-11-14(13-7-3-2-4-8-13)18(17-12)15-9-5-6-10-16-15/h2-10,14H,11H2,1H3. The third-order valence-electron chi connectivity index (χ3n) is 3.13. The third-order valence-corrected chi connectivity index (χ3v) is 3.13. The number of pyridine rings is 1. The van der Waals surface area contributed by atoms with Gasteiger partial charge < -0.3 is 0 Å². The van der Waals surface area contributed by atoms with Crippen LogP contribution in [0.1, 0.15) is 24.9 Å². The summed E-state index contributed by atoms with van der Waals surface area (Å²) >= 11 is 0. The molecule has 0 amide bonds. The Hall–Kier alpha value is -2.16. The highest BCUT2D eigenvalue weighted by Gasteiger charge is 2.27. The summed E-state index contributed by atoms with van der Waals surface area (Å²) in [5, 5.41) is 6.62. The van der Waals surface area contributed by atoms with Crippen molar-refractivity contribution in [2.75, 3.05) is 5.01 Å². The van der Waals surface area contributed by atoms with Crippen LogP contribution in [0.25, 0.3) is 0 Å². The first-order chi connectivity index (χ1) is 8.84. The molecular formula is C15H15N3. The molecule has 3 heteroatoms. The molecule has 0 fully saturated rings. The summed E-state index contributed by atoms with van der Waals surface area (Å²) in [5.41, 5.74) is 2.43. The molecule has 1 aliphatic rings. The second-order valence-corrected chi connectivity index (χ2v) is 4.50. The molecule has 1 unspecified atom stereocenters. The molecule has 2 aromatic rings. The van der Waals surface area contributed by atoms with Gasteiger partial charge in [-0.2, -0.15) is 5.10 Å². The molecule has 0 aliphatic carbocycles. The number of rotatable bonds is 2. The quantitative estimate of drug-likeness (QED) is 0.800. The van der Waals surface area contributed by atoms with Gasteiger partial charge in [0.2, 0.25) is 0 Å². The Labute approximate surface area is 107 Å². The summed E-state index contributed by atoms with van der Waals surface area (Å²) in [5.74, 6) is 0.906. The molecule has 3 nitrogen and oxygen atoms in total. The topological polar surface area (TPSA) is 28.5 Å². The van der Waals surface area contributed by atoms with Crippen molar-refractivity contribution in [3.8, 4) is 0 Å². The first kappa shape index (κ1) is 11.0. The minimum Gasteiger partial charge on any atom is -0.240 e. The molecule has 18 heavy (non-hydrogen) atoms. The molecule has 0 saturated heterocycles. The van der Waals surface area contributed by atoms with E-state index in [4.69, 9.17) is 0 Å². The molecule has 1 aliphatic heterocycles. The van der Waals surface area contributed by atoms with Crippen molar-refractivity contribution in [1.82, 2.24) is 4.98 Å². The van der Waals surface area contributed by atoms with E-state index in [0.29, 0.717) is 0 Å². The minimum atomic E-state index is 0.265. The van der Waals surface area contributed by atoms with Crippen LogP contribution in [0.4, 0.5) is 5.82 Å². The molecule has 0 spiro atoms. The Morgan fingerprint density at radius 1 is 1.06 bits per heavy atom. The molecule has 1 aromatic carbocycles. The molecule has 0 N–H and O–H groups in total. The van der Waals surface area contributed by atoms with Crippen LogP contribution in [-0.2, 0) is 0 Å². The van der Waals surface area contributed by atoms with Crippen molar-refractivity contribution >= 4 is 11.5 Å². The average Bonchev–Trinajstić information content (AvgIpc) is 2.83. The van der Waals surface area contributed by atoms with Crippen LogP contribution in [0, 0.1) is 0 Å². The summed E-state index contributed by atoms with van der Waals surface area (Å²) in [6.45, 7) is 2.07. The first-order valence-corrected chi connectivity index (χ1v) is 6.14. The fourth-order valence-electron chi connectivity index (χ4n) is 2.30. The van der Waals surface area contributed by atoms with Gasteiger partial charge in [-0.15, -0.1) is 0 Å². The van der Waals surface area contributed by atoms with Gasteiger partial charge in [-0.3, -0.25) is 0 Å². The first-order valence-electron chi connectivity index (χ1n) is 6.14. The van der Waals surface area contributed by atoms with E-state index < -0.39 is 0 Å². The lowest BCUT2D eigenvalue weighted by atomic mass is 10.0. The molecular weight excluding hydrogens is 222 g/mol. The van der Waals surface area contributed by atoms with Gasteiger partial charge in [0.25, 0.3) is 0 Å². The molecule has 0 saturated carbocycles. The van der Waals surface area contributed by atoms with Crippen molar-refractivity contribution < 1.29 is 0 Å². The van der Waals surface area contributed by atoms with Crippen molar-refractivity contribution in [1.29, 1.82) is 0 Å². The number of hydrogen-bond acceptors (Lipinski definition) is 3. The van der Waals surface area contributed by atoms with Crippen LogP contribution >= 0.6 is 0 Å². The van der Waals surface area contributed by atoms with Gasteiger partial charge in [-0.1, -0.05) is 36.4 Å². The molecule has 2 heterocycles. The van der Waals surface area contributed by atoms with Crippen LogP contribution in [0.5, 0.6) is 0 Å². The van der Waals surface area contributed by atoms with Crippen LogP contribution in [0.15, 0.2) is 59.8 Å². The number of benzene rings is 1. The molecule has 0 bridgehead atoms. The van der Waals surface area contributed by atoms with E-state index in [9.17, 15) is 0 Å². The largest absolute Gasteiger partial charge is 0.240 e. The Kier molecular flexibility index (Phi) is 2.81.